The second-order valence-electron chi connectivity index (χ2n) is 4.50. The van der Waals surface area contributed by atoms with Gasteiger partial charge in [-0.25, -0.2) is 0 Å². The highest BCUT2D eigenvalue weighted by Gasteiger charge is 2.18. The average Bonchev–Trinajstić information content (AvgIpc) is 2.36. The molecule has 0 aliphatic heterocycles. The predicted octanol–water partition coefficient (Wildman–Crippen LogP) is 5.56. The van der Waals surface area contributed by atoms with Gasteiger partial charge in [0, 0.05) is 14.5 Å². The Hall–Kier alpha value is -0.350. The monoisotopic (exact) mass is 402 g/mol. The van der Waals surface area contributed by atoms with Crippen molar-refractivity contribution in [1.29, 1.82) is 0 Å². The topological polar surface area (TPSA) is 20.2 Å². The molecule has 1 N–H and O–H groups in total. The maximum Gasteiger partial charge on any atom is 0.106 e. The molecule has 0 aliphatic carbocycles. The molecule has 2 rings (SSSR count). The van der Waals surface area contributed by atoms with Crippen LogP contribution in [0.4, 0.5) is 0 Å². The van der Waals surface area contributed by atoms with E-state index in [1.54, 1.807) is 0 Å². The van der Waals surface area contributed by atoms with Crippen molar-refractivity contribution in [2.45, 2.75) is 20.0 Å². The number of aliphatic hydroxyl groups excluding tert-OH is 1. The quantitative estimate of drug-likeness (QED) is 0.694. The minimum atomic E-state index is -0.725. The van der Waals surface area contributed by atoms with Gasteiger partial charge in [-0.05, 0) is 58.6 Å². The molecule has 1 unspecified atom stereocenters. The Morgan fingerprint density at radius 3 is 2.37 bits per heavy atom. The van der Waals surface area contributed by atoms with Gasteiger partial charge >= 0.3 is 0 Å². The standard InChI is InChI=1S/C15H13Br2ClO/c1-8-7-13(17)9(2)6-11(8)15(19)10-4-3-5-12(16)14(10)18/h3-7,15,19H,1-2H3. The van der Waals surface area contributed by atoms with Gasteiger partial charge in [0.1, 0.15) is 6.10 Å². The SMILES string of the molecule is Cc1cc(C(O)c2cccc(Br)c2Cl)c(C)cc1Br. The zero-order valence-electron chi connectivity index (χ0n) is 10.5. The zero-order valence-corrected chi connectivity index (χ0v) is 14.5. The van der Waals surface area contributed by atoms with E-state index in [0.29, 0.717) is 10.6 Å². The summed E-state index contributed by atoms with van der Waals surface area (Å²) >= 11 is 13.1. The third kappa shape index (κ3) is 3.05. The molecule has 1 nitrogen and oxygen atoms in total. The third-order valence-corrected chi connectivity index (χ3v) is 5.28. The van der Waals surface area contributed by atoms with Crippen molar-refractivity contribution in [2.75, 3.05) is 0 Å². The molecule has 0 fully saturated rings. The van der Waals surface area contributed by atoms with Crippen LogP contribution in [0, 0.1) is 13.8 Å². The lowest BCUT2D eigenvalue weighted by atomic mass is 9.96. The van der Waals surface area contributed by atoms with Crippen LogP contribution in [0.15, 0.2) is 39.3 Å². The fourth-order valence-corrected chi connectivity index (χ4v) is 3.07. The third-order valence-electron chi connectivity index (χ3n) is 3.12. The van der Waals surface area contributed by atoms with Gasteiger partial charge in [0.2, 0.25) is 0 Å². The lowest BCUT2D eigenvalue weighted by Gasteiger charge is -2.17. The van der Waals surface area contributed by atoms with Crippen LogP contribution in [0.5, 0.6) is 0 Å². The molecule has 100 valence electrons. The molecule has 0 amide bonds. The Morgan fingerprint density at radius 2 is 1.68 bits per heavy atom. The van der Waals surface area contributed by atoms with Crippen LogP contribution in [0.2, 0.25) is 5.02 Å². The molecule has 1 atom stereocenters. The normalized spacial score (nSPS) is 12.5. The van der Waals surface area contributed by atoms with E-state index in [1.807, 2.05) is 44.2 Å². The minimum Gasteiger partial charge on any atom is -0.384 e. The molecule has 0 spiro atoms. The van der Waals surface area contributed by atoms with Crippen LogP contribution < -0.4 is 0 Å². The lowest BCUT2D eigenvalue weighted by molar-refractivity contribution is 0.219. The van der Waals surface area contributed by atoms with E-state index in [0.717, 1.165) is 25.6 Å². The van der Waals surface area contributed by atoms with E-state index >= 15 is 0 Å². The largest absolute Gasteiger partial charge is 0.384 e. The first-order valence-electron chi connectivity index (χ1n) is 5.80. The van der Waals surface area contributed by atoms with Crippen LogP contribution in [0.1, 0.15) is 28.4 Å². The van der Waals surface area contributed by atoms with Gasteiger partial charge in [-0.3, -0.25) is 0 Å². The van der Waals surface area contributed by atoms with E-state index in [2.05, 4.69) is 31.9 Å². The second kappa shape index (κ2) is 5.96. The summed E-state index contributed by atoms with van der Waals surface area (Å²) in [7, 11) is 0. The summed E-state index contributed by atoms with van der Waals surface area (Å²) in [5.74, 6) is 0. The maximum absolute atomic E-state index is 10.6. The van der Waals surface area contributed by atoms with Crippen LogP contribution in [0.3, 0.4) is 0 Å². The summed E-state index contributed by atoms with van der Waals surface area (Å²) < 4.78 is 1.83. The number of hydrogen-bond donors (Lipinski definition) is 1. The Kier molecular flexibility index (Phi) is 4.72. The first kappa shape index (κ1) is 15.0. The highest BCUT2D eigenvalue weighted by molar-refractivity contribution is 9.10. The Morgan fingerprint density at radius 1 is 1.00 bits per heavy atom. The fourth-order valence-electron chi connectivity index (χ4n) is 2.00. The smallest absolute Gasteiger partial charge is 0.106 e. The van der Waals surface area contributed by atoms with Gasteiger partial charge in [0.15, 0.2) is 0 Å². The molecule has 0 bridgehead atoms. The number of aryl methyl sites for hydroxylation is 2. The first-order valence-corrected chi connectivity index (χ1v) is 7.77. The summed E-state index contributed by atoms with van der Waals surface area (Å²) in [5, 5.41) is 11.1. The van der Waals surface area contributed by atoms with E-state index in [9.17, 15) is 5.11 Å². The Bertz CT molecular complexity index is 626. The van der Waals surface area contributed by atoms with Crippen molar-refractivity contribution < 1.29 is 5.11 Å². The summed E-state index contributed by atoms with van der Waals surface area (Å²) in [5.41, 5.74) is 3.70. The van der Waals surface area contributed by atoms with Gasteiger partial charge < -0.3 is 5.11 Å². The number of benzene rings is 2. The molecular formula is C15H13Br2ClO. The molecular weight excluding hydrogens is 391 g/mol. The average molecular weight is 405 g/mol. The van der Waals surface area contributed by atoms with E-state index in [1.165, 1.54) is 0 Å². The van der Waals surface area contributed by atoms with E-state index < -0.39 is 6.10 Å². The van der Waals surface area contributed by atoms with Crippen LogP contribution in [-0.2, 0) is 0 Å². The van der Waals surface area contributed by atoms with Gasteiger partial charge in [0.25, 0.3) is 0 Å². The molecule has 0 heterocycles. The highest BCUT2D eigenvalue weighted by atomic mass is 79.9. The molecule has 2 aromatic rings. The van der Waals surface area contributed by atoms with Crippen molar-refractivity contribution in [3.05, 3.63) is 66.6 Å². The summed E-state index contributed by atoms with van der Waals surface area (Å²) in [6, 6.07) is 9.57. The number of aliphatic hydroxyl groups is 1. The molecule has 0 aromatic heterocycles. The molecule has 0 saturated heterocycles. The fraction of sp³-hybridized carbons (Fsp3) is 0.200. The zero-order chi connectivity index (χ0) is 14.2. The predicted molar refractivity (Wildman–Crippen MR) is 86.8 cm³/mol. The minimum absolute atomic E-state index is 0.551. The van der Waals surface area contributed by atoms with Gasteiger partial charge in [-0.1, -0.05) is 45.7 Å². The molecule has 0 radical (unpaired) electrons. The van der Waals surface area contributed by atoms with Crippen molar-refractivity contribution >= 4 is 43.5 Å². The van der Waals surface area contributed by atoms with Crippen LogP contribution in [-0.4, -0.2) is 5.11 Å². The van der Waals surface area contributed by atoms with Crippen molar-refractivity contribution in [1.82, 2.24) is 0 Å². The molecule has 0 aliphatic rings. The summed E-state index contributed by atoms with van der Waals surface area (Å²) in [6.07, 6.45) is -0.725. The maximum atomic E-state index is 10.6. The molecule has 2 aromatic carbocycles. The number of halogens is 3. The molecule has 0 saturated carbocycles. The number of hydrogen-bond acceptors (Lipinski definition) is 1. The van der Waals surface area contributed by atoms with Crippen molar-refractivity contribution in [3.63, 3.8) is 0 Å². The van der Waals surface area contributed by atoms with Gasteiger partial charge in [-0.15, -0.1) is 0 Å². The molecule has 19 heavy (non-hydrogen) atoms. The van der Waals surface area contributed by atoms with E-state index in [4.69, 9.17) is 11.6 Å². The Labute approximate surface area is 134 Å². The second-order valence-corrected chi connectivity index (χ2v) is 6.59. The number of rotatable bonds is 2. The van der Waals surface area contributed by atoms with E-state index in [-0.39, 0.29) is 0 Å². The van der Waals surface area contributed by atoms with Gasteiger partial charge in [-0.2, -0.15) is 0 Å². The van der Waals surface area contributed by atoms with Crippen LogP contribution in [0.25, 0.3) is 0 Å². The lowest BCUT2D eigenvalue weighted by Crippen LogP contribution is -2.04. The first-order chi connectivity index (χ1) is 8.91. The van der Waals surface area contributed by atoms with Crippen molar-refractivity contribution in [2.24, 2.45) is 0 Å². The van der Waals surface area contributed by atoms with Gasteiger partial charge in [0.05, 0.1) is 5.02 Å². The molecule has 4 heteroatoms. The Balaban J connectivity index is 2.53. The summed E-state index contributed by atoms with van der Waals surface area (Å²) in [4.78, 5) is 0. The van der Waals surface area contributed by atoms with Crippen LogP contribution >= 0.6 is 43.5 Å². The highest BCUT2D eigenvalue weighted by Crippen LogP contribution is 2.35. The summed E-state index contributed by atoms with van der Waals surface area (Å²) in [6.45, 7) is 3.98. The van der Waals surface area contributed by atoms with Crippen molar-refractivity contribution in [3.8, 4) is 0 Å².